The third kappa shape index (κ3) is 3.50. The van der Waals surface area contributed by atoms with E-state index in [0.29, 0.717) is 0 Å². The molecular formula is C10H4Cl3FN4O. The second kappa shape index (κ2) is 5.64. The number of rotatable bonds is 2. The molecule has 0 aliphatic heterocycles. The standard InChI is InChI=1S/C10H4Cl3FN4O/c11-6-2-7(18-10(13)16-6)17-9(19)5-1-4(14)3-15-8(5)12/h1-3H,(H,16,17,18,19). The van der Waals surface area contributed by atoms with Crippen molar-refractivity contribution in [2.45, 2.75) is 0 Å². The Kier molecular flexibility index (Phi) is 4.14. The number of carbonyl (C=O) groups excluding carboxylic acids is 1. The van der Waals surface area contributed by atoms with Crippen LogP contribution in [0.15, 0.2) is 18.3 Å². The summed E-state index contributed by atoms with van der Waals surface area (Å²) in [5.41, 5.74) is -0.132. The van der Waals surface area contributed by atoms with Crippen molar-refractivity contribution < 1.29 is 9.18 Å². The van der Waals surface area contributed by atoms with Gasteiger partial charge in [-0.1, -0.05) is 23.2 Å². The third-order valence-electron chi connectivity index (χ3n) is 1.96. The monoisotopic (exact) mass is 320 g/mol. The fraction of sp³-hybridized carbons (Fsp3) is 0. The molecule has 98 valence electrons. The van der Waals surface area contributed by atoms with Crippen LogP contribution >= 0.6 is 34.8 Å². The molecule has 0 bridgehead atoms. The highest BCUT2D eigenvalue weighted by atomic mass is 35.5. The number of hydrogen-bond donors (Lipinski definition) is 1. The van der Waals surface area contributed by atoms with E-state index in [9.17, 15) is 9.18 Å². The molecule has 0 radical (unpaired) electrons. The number of aromatic nitrogens is 3. The Bertz CT molecular complexity index is 632. The predicted octanol–water partition coefficient (Wildman–Crippen LogP) is 3.22. The minimum atomic E-state index is -0.692. The average molecular weight is 322 g/mol. The first-order valence-electron chi connectivity index (χ1n) is 4.78. The van der Waals surface area contributed by atoms with Crippen LogP contribution in [0.2, 0.25) is 15.6 Å². The second-order valence-corrected chi connectivity index (χ2v) is 4.37. The van der Waals surface area contributed by atoms with Gasteiger partial charge in [-0.3, -0.25) is 4.79 Å². The van der Waals surface area contributed by atoms with Gasteiger partial charge < -0.3 is 5.32 Å². The molecule has 2 heterocycles. The van der Waals surface area contributed by atoms with E-state index in [-0.39, 0.29) is 27.0 Å². The largest absolute Gasteiger partial charge is 0.306 e. The molecule has 0 aliphatic rings. The Morgan fingerprint density at radius 3 is 2.63 bits per heavy atom. The van der Waals surface area contributed by atoms with Crippen LogP contribution in [0.25, 0.3) is 0 Å². The van der Waals surface area contributed by atoms with E-state index in [1.807, 2.05) is 0 Å². The molecule has 0 aliphatic carbocycles. The first-order chi connectivity index (χ1) is 8.95. The van der Waals surface area contributed by atoms with Gasteiger partial charge in [-0.15, -0.1) is 0 Å². The Hall–Kier alpha value is -1.50. The maximum Gasteiger partial charge on any atom is 0.260 e. The van der Waals surface area contributed by atoms with Gasteiger partial charge in [0.25, 0.3) is 5.91 Å². The molecule has 0 saturated carbocycles. The van der Waals surface area contributed by atoms with Gasteiger partial charge in [-0.25, -0.2) is 19.3 Å². The van der Waals surface area contributed by atoms with Gasteiger partial charge in [-0.05, 0) is 17.7 Å². The number of amides is 1. The summed E-state index contributed by atoms with van der Waals surface area (Å²) in [6.45, 7) is 0. The van der Waals surface area contributed by atoms with E-state index in [2.05, 4.69) is 20.3 Å². The number of nitrogens with one attached hydrogen (secondary N) is 1. The van der Waals surface area contributed by atoms with Crippen LogP contribution in [0, 0.1) is 5.82 Å². The van der Waals surface area contributed by atoms with Crippen LogP contribution in [0.3, 0.4) is 0 Å². The minimum absolute atomic E-state index is 0.0544. The Balaban J connectivity index is 2.28. The molecule has 5 nitrogen and oxygen atoms in total. The number of carbonyl (C=O) groups is 1. The Morgan fingerprint density at radius 1 is 1.21 bits per heavy atom. The van der Waals surface area contributed by atoms with Crippen molar-refractivity contribution in [2.75, 3.05) is 5.32 Å². The van der Waals surface area contributed by atoms with Crippen LogP contribution in [0.1, 0.15) is 10.4 Å². The van der Waals surface area contributed by atoms with Crippen molar-refractivity contribution in [2.24, 2.45) is 0 Å². The maximum atomic E-state index is 13.0. The molecular weight excluding hydrogens is 317 g/mol. The van der Waals surface area contributed by atoms with Crippen LogP contribution in [0.4, 0.5) is 10.2 Å². The lowest BCUT2D eigenvalue weighted by molar-refractivity contribution is 0.102. The van der Waals surface area contributed by atoms with Crippen molar-refractivity contribution in [3.63, 3.8) is 0 Å². The van der Waals surface area contributed by atoms with E-state index in [4.69, 9.17) is 34.8 Å². The number of halogens is 4. The van der Waals surface area contributed by atoms with Crippen LogP contribution in [-0.2, 0) is 0 Å². The van der Waals surface area contributed by atoms with E-state index in [0.717, 1.165) is 12.3 Å². The summed E-state index contributed by atoms with van der Waals surface area (Å²) in [6.07, 6.45) is 0.900. The van der Waals surface area contributed by atoms with Gasteiger partial charge in [0.2, 0.25) is 5.28 Å². The van der Waals surface area contributed by atoms with Crippen molar-refractivity contribution in [1.82, 2.24) is 15.0 Å². The lowest BCUT2D eigenvalue weighted by atomic mass is 10.2. The molecule has 9 heteroatoms. The second-order valence-electron chi connectivity index (χ2n) is 3.29. The SMILES string of the molecule is O=C(Nc1cc(Cl)nc(Cl)n1)c1cc(F)cnc1Cl. The van der Waals surface area contributed by atoms with Gasteiger partial charge in [-0.2, -0.15) is 0 Å². The molecule has 2 aromatic rings. The van der Waals surface area contributed by atoms with Gasteiger partial charge in [0.1, 0.15) is 21.9 Å². The number of nitrogens with zero attached hydrogens (tertiary/aromatic N) is 3. The first-order valence-corrected chi connectivity index (χ1v) is 5.91. The summed E-state index contributed by atoms with van der Waals surface area (Å²) in [5, 5.41) is 2.15. The topological polar surface area (TPSA) is 67.8 Å². The summed E-state index contributed by atoms with van der Waals surface area (Å²) in [6, 6.07) is 2.24. The Morgan fingerprint density at radius 2 is 1.95 bits per heavy atom. The highest BCUT2D eigenvalue weighted by Crippen LogP contribution is 2.18. The number of pyridine rings is 1. The molecule has 1 N–H and O–H groups in total. The molecule has 0 saturated heterocycles. The van der Waals surface area contributed by atoms with Gasteiger partial charge >= 0.3 is 0 Å². The lowest BCUT2D eigenvalue weighted by Crippen LogP contribution is -2.14. The molecule has 0 aromatic carbocycles. The summed E-state index contributed by atoms with van der Waals surface area (Å²) in [4.78, 5) is 22.7. The highest BCUT2D eigenvalue weighted by Gasteiger charge is 2.14. The molecule has 2 rings (SSSR count). The summed E-state index contributed by atoms with van der Waals surface area (Å²) >= 11 is 16.9. The molecule has 1 amide bonds. The fourth-order valence-corrected chi connectivity index (χ4v) is 1.82. The van der Waals surface area contributed by atoms with Crippen LogP contribution < -0.4 is 5.32 Å². The third-order valence-corrected chi connectivity index (χ3v) is 2.62. The Labute approximate surface area is 121 Å². The van der Waals surface area contributed by atoms with E-state index < -0.39 is 11.7 Å². The van der Waals surface area contributed by atoms with E-state index in [1.54, 1.807) is 0 Å². The van der Waals surface area contributed by atoms with Crippen molar-refractivity contribution >= 4 is 46.5 Å². The smallest absolute Gasteiger partial charge is 0.260 e. The highest BCUT2D eigenvalue weighted by molar-refractivity contribution is 6.33. The zero-order valence-corrected chi connectivity index (χ0v) is 11.3. The van der Waals surface area contributed by atoms with E-state index in [1.165, 1.54) is 6.07 Å². The predicted molar refractivity (Wildman–Crippen MR) is 69.2 cm³/mol. The molecule has 0 spiro atoms. The fourth-order valence-electron chi connectivity index (χ4n) is 1.22. The average Bonchev–Trinajstić information content (AvgIpc) is 2.30. The normalized spacial score (nSPS) is 10.3. The number of hydrogen-bond acceptors (Lipinski definition) is 4. The van der Waals surface area contributed by atoms with Crippen molar-refractivity contribution in [1.29, 1.82) is 0 Å². The zero-order valence-electron chi connectivity index (χ0n) is 8.99. The van der Waals surface area contributed by atoms with Crippen molar-refractivity contribution in [3.05, 3.63) is 45.3 Å². The quantitative estimate of drug-likeness (QED) is 0.524. The first kappa shape index (κ1) is 13.9. The van der Waals surface area contributed by atoms with Crippen LogP contribution in [0.5, 0.6) is 0 Å². The summed E-state index contributed by atoms with van der Waals surface area (Å²) in [5.74, 6) is -1.31. The zero-order chi connectivity index (χ0) is 14.0. The van der Waals surface area contributed by atoms with E-state index >= 15 is 0 Å². The van der Waals surface area contributed by atoms with Gasteiger partial charge in [0, 0.05) is 6.07 Å². The molecule has 0 fully saturated rings. The van der Waals surface area contributed by atoms with Gasteiger partial charge in [0.05, 0.1) is 11.8 Å². The minimum Gasteiger partial charge on any atom is -0.306 e. The summed E-state index contributed by atoms with van der Waals surface area (Å²) in [7, 11) is 0. The molecule has 0 unspecified atom stereocenters. The lowest BCUT2D eigenvalue weighted by Gasteiger charge is -2.06. The van der Waals surface area contributed by atoms with Crippen molar-refractivity contribution in [3.8, 4) is 0 Å². The summed E-state index contributed by atoms with van der Waals surface area (Å²) < 4.78 is 13.0. The molecule has 19 heavy (non-hydrogen) atoms. The maximum absolute atomic E-state index is 13.0. The van der Waals surface area contributed by atoms with Gasteiger partial charge in [0.15, 0.2) is 0 Å². The van der Waals surface area contributed by atoms with Crippen LogP contribution in [-0.4, -0.2) is 20.9 Å². The molecule has 0 atom stereocenters. The number of anilines is 1. The molecule has 2 aromatic heterocycles.